The van der Waals surface area contributed by atoms with Gasteiger partial charge < -0.3 is 5.32 Å². The van der Waals surface area contributed by atoms with Crippen molar-refractivity contribution in [2.45, 2.75) is 39.7 Å². The molecule has 0 aliphatic carbocycles. The summed E-state index contributed by atoms with van der Waals surface area (Å²) < 4.78 is 0. The van der Waals surface area contributed by atoms with Crippen molar-refractivity contribution in [2.24, 2.45) is 0 Å². The Hall–Kier alpha value is -0.340. The van der Waals surface area contributed by atoms with E-state index in [1.807, 2.05) is 0 Å². The Kier molecular flexibility index (Phi) is 5.20. The number of hydrogen-bond acceptors (Lipinski definition) is 2. The summed E-state index contributed by atoms with van der Waals surface area (Å²) in [6.07, 6.45) is 4.96. The normalized spacial score (nSPS) is 18.6. The molecule has 14 heavy (non-hydrogen) atoms. The van der Waals surface area contributed by atoms with Crippen molar-refractivity contribution in [3.63, 3.8) is 0 Å². The van der Waals surface area contributed by atoms with Crippen molar-refractivity contribution in [3.8, 4) is 0 Å². The van der Waals surface area contributed by atoms with Crippen molar-refractivity contribution >= 4 is 0 Å². The maximum atomic E-state index is 3.42. The fraction of sp³-hybridized carbons (Fsp3) is 0.833. The highest BCUT2D eigenvalue weighted by Gasteiger charge is 2.18. The fourth-order valence-corrected chi connectivity index (χ4v) is 2.01. The van der Waals surface area contributed by atoms with Crippen molar-refractivity contribution in [1.82, 2.24) is 10.2 Å². The molecule has 0 amide bonds. The van der Waals surface area contributed by atoms with Gasteiger partial charge in [0.05, 0.1) is 0 Å². The summed E-state index contributed by atoms with van der Waals surface area (Å²) in [6, 6.07) is 0.803. The van der Waals surface area contributed by atoms with Gasteiger partial charge in [-0.25, -0.2) is 0 Å². The summed E-state index contributed by atoms with van der Waals surface area (Å²) in [6.45, 7) is 11.3. The minimum Gasteiger partial charge on any atom is -0.317 e. The lowest BCUT2D eigenvalue weighted by molar-refractivity contribution is 0.187. The van der Waals surface area contributed by atoms with E-state index in [-0.39, 0.29) is 0 Å². The molecule has 0 aromatic rings. The molecule has 0 bridgehead atoms. The van der Waals surface area contributed by atoms with E-state index < -0.39 is 0 Å². The zero-order chi connectivity index (χ0) is 10.4. The van der Waals surface area contributed by atoms with Crippen LogP contribution in [0.5, 0.6) is 0 Å². The summed E-state index contributed by atoms with van der Waals surface area (Å²) >= 11 is 0. The third-order valence-corrected chi connectivity index (χ3v) is 2.97. The zero-order valence-electron chi connectivity index (χ0n) is 9.84. The van der Waals surface area contributed by atoms with Crippen molar-refractivity contribution in [1.29, 1.82) is 0 Å². The lowest BCUT2D eigenvalue weighted by atomic mass is 10.0. The smallest absolute Gasteiger partial charge is 0.0168 e. The van der Waals surface area contributed by atoms with Gasteiger partial charge in [-0.1, -0.05) is 18.6 Å². The summed E-state index contributed by atoms with van der Waals surface area (Å²) in [4.78, 5) is 2.59. The number of piperidine rings is 1. The van der Waals surface area contributed by atoms with Crippen molar-refractivity contribution in [3.05, 3.63) is 11.6 Å². The van der Waals surface area contributed by atoms with E-state index in [0.29, 0.717) is 0 Å². The molecule has 1 aliphatic heterocycles. The van der Waals surface area contributed by atoms with Crippen molar-refractivity contribution in [2.75, 3.05) is 26.2 Å². The van der Waals surface area contributed by atoms with Gasteiger partial charge in [-0.3, -0.25) is 4.90 Å². The Bertz CT molecular complexity index is 177. The highest BCUT2D eigenvalue weighted by atomic mass is 15.2. The predicted octanol–water partition coefficient (Wildman–Crippen LogP) is 2.03. The Morgan fingerprint density at radius 2 is 2.00 bits per heavy atom. The monoisotopic (exact) mass is 196 g/mol. The maximum Gasteiger partial charge on any atom is 0.0168 e. The second-order valence-electron chi connectivity index (χ2n) is 4.35. The average molecular weight is 196 g/mol. The zero-order valence-corrected chi connectivity index (χ0v) is 9.84. The second-order valence-corrected chi connectivity index (χ2v) is 4.35. The molecule has 0 aromatic heterocycles. The molecule has 1 fully saturated rings. The molecule has 0 aromatic carbocycles. The molecule has 0 radical (unpaired) electrons. The third-order valence-electron chi connectivity index (χ3n) is 2.97. The SMILES string of the molecule is CCN(CC=C(C)C)C1CCNCC1. The van der Waals surface area contributed by atoms with Crippen LogP contribution in [0.2, 0.25) is 0 Å². The van der Waals surface area contributed by atoms with Gasteiger partial charge in [0.15, 0.2) is 0 Å². The fourth-order valence-electron chi connectivity index (χ4n) is 2.01. The minimum atomic E-state index is 0.803. The van der Waals surface area contributed by atoms with Crippen LogP contribution in [-0.4, -0.2) is 37.1 Å². The van der Waals surface area contributed by atoms with Gasteiger partial charge in [0.1, 0.15) is 0 Å². The summed E-state index contributed by atoms with van der Waals surface area (Å²) in [7, 11) is 0. The predicted molar refractivity (Wildman–Crippen MR) is 62.6 cm³/mol. The van der Waals surface area contributed by atoms with Crippen LogP contribution in [-0.2, 0) is 0 Å². The first kappa shape index (κ1) is 11.7. The van der Waals surface area contributed by atoms with E-state index in [2.05, 4.69) is 37.1 Å². The summed E-state index contributed by atoms with van der Waals surface area (Å²) in [5, 5.41) is 3.42. The first-order valence-electron chi connectivity index (χ1n) is 5.82. The number of likely N-dealkylation sites (N-methyl/N-ethyl adjacent to an activating group) is 1. The Morgan fingerprint density at radius 3 is 2.50 bits per heavy atom. The minimum absolute atomic E-state index is 0.803. The largest absolute Gasteiger partial charge is 0.317 e. The topological polar surface area (TPSA) is 15.3 Å². The van der Waals surface area contributed by atoms with Gasteiger partial charge in [-0.2, -0.15) is 0 Å². The van der Waals surface area contributed by atoms with Gasteiger partial charge in [0.2, 0.25) is 0 Å². The lowest BCUT2D eigenvalue weighted by Crippen LogP contribution is -2.43. The molecule has 1 N–H and O–H groups in total. The summed E-state index contributed by atoms with van der Waals surface area (Å²) in [5.74, 6) is 0. The van der Waals surface area contributed by atoms with Gasteiger partial charge in [-0.05, 0) is 46.3 Å². The van der Waals surface area contributed by atoms with Gasteiger partial charge >= 0.3 is 0 Å². The van der Waals surface area contributed by atoms with Crippen LogP contribution >= 0.6 is 0 Å². The molecule has 0 saturated carbocycles. The van der Waals surface area contributed by atoms with E-state index in [1.54, 1.807) is 0 Å². The van der Waals surface area contributed by atoms with Crippen molar-refractivity contribution < 1.29 is 0 Å². The maximum absolute atomic E-state index is 3.42. The molecule has 0 unspecified atom stereocenters. The molecule has 1 aliphatic rings. The van der Waals surface area contributed by atoms with Gasteiger partial charge in [-0.15, -0.1) is 0 Å². The van der Waals surface area contributed by atoms with Crippen LogP contribution in [0.1, 0.15) is 33.6 Å². The van der Waals surface area contributed by atoms with Crippen LogP contribution in [0.15, 0.2) is 11.6 Å². The number of rotatable bonds is 4. The number of nitrogens with one attached hydrogen (secondary N) is 1. The number of nitrogens with zero attached hydrogens (tertiary/aromatic N) is 1. The van der Waals surface area contributed by atoms with E-state index in [9.17, 15) is 0 Å². The number of allylic oxidation sites excluding steroid dienone is 1. The highest BCUT2D eigenvalue weighted by Crippen LogP contribution is 2.11. The van der Waals surface area contributed by atoms with Crippen LogP contribution in [0.25, 0.3) is 0 Å². The van der Waals surface area contributed by atoms with E-state index in [4.69, 9.17) is 0 Å². The second kappa shape index (κ2) is 6.20. The molecule has 2 nitrogen and oxygen atoms in total. The first-order valence-corrected chi connectivity index (χ1v) is 5.82. The Labute approximate surface area is 88.4 Å². The molecular weight excluding hydrogens is 172 g/mol. The van der Waals surface area contributed by atoms with Gasteiger partial charge in [0, 0.05) is 12.6 Å². The molecular formula is C12H24N2. The molecule has 1 rings (SSSR count). The quantitative estimate of drug-likeness (QED) is 0.692. The van der Waals surface area contributed by atoms with Crippen LogP contribution in [0.3, 0.4) is 0 Å². The van der Waals surface area contributed by atoms with Crippen LogP contribution < -0.4 is 5.32 Å². The molecule has 2 heteroatoms. The molecule has 1 heterocycles. The highest BCUT2D eigenvalue weighted by molar-refractivity contribution is 4.96. The average Bonchev–Trinajstić information content (AvgIpc) is 2.20. The van der Waals surface area contributed by atoms with E-state index in [1.165, 1.54) is 38.0 Å². The Balaban J connectivity index is 2.39. The lowest BCUT2D eigenvalue weighted by Gasteiger charge is -2.33. The van der Waals surface area contributed by atoms with Crippen LogP contribution in [0.4, 0.5) is 0 Å². The van der Waals surface area contributed by atoms with Crippen LogP contribution in [0, 0.1) is 0 Å². The molecule has 1 saturated heterocycles. The van der Waals surface area contributed by atoms with E-state index >= 15 is 0 Å². The first-order chi connectivity index (χ1) is 6.74. The third kappa shape index (κ3) is 3.81. The standard InChI is InChI=1S/C12H24N2/c1-4-14(10-7-11(2)3)12-5-8-13-9-6-12/h7,12-13H,4-6,8-10H2,1-3H3. The Morgan fingerprint density at radius 1 is 1.36 bits per heavy atom. The molecule has 0 atom stereocenters. The molecule has 82 valence electrons. The van der Waals surface area contributed by atoms with E-state index in [0.717, 1.165) is 12.6 Å². The van der Waals surface area contributed by atoms with Gasteiger partial charge in [0.25, 0.3) is 0 Å². The number of hydrogen-bond donors (Lipinski definition) is 1. The molecule has 0 spiro atoms. The summed E-state index contributed by atoms with van der Waals surface area (Å²) in [5.41, 5.74) is 1.43.